The summed E-state index contributed by atoms with van der Waals surface area (Å²) in [5.41, 5.74) is 0. The lowest BCUT2D eigenvalue weighted by molar-refractivity contribution is -0.143. The Morgan fingerprint density at radius 3 is 2.58 bits per heavy atom. The van der Waals surface area contributed by atoms with E-state index >= 15 is 0 Å². The molecule has 0 aliphatic rings. The summed E-state index contributed by atoms with van der Waals surface area (Å²) in [5.74, 6) is 0.595. The molecule has 0 aromatic heterocycles. The highest BCUT2D eigenvalue weighted by Crippen LogP contribution is 1.93. The number of hydrogen-bond donors (Lipinski definition) is 2. The molecule has 19 heavy (non-hydrogen) atoms. The fourth-order valence-corrected chi connectivity index (χ4v) is 1.38. The molecule has 0 aromatic rings. The number of guanidine groups is 1. The number of carbonyl (C=O) groups is 1. The molecule has 0 aromatic carbocycles. The van der Waals surface area contributed by atoms with Crippen LogP contribution in [0.15, 0.2) is 4.99 Å². The minimum Gasteiger partial charge on any atom is -0.466 e. The van der Waals surface area contributed by atoms with Crippen LogP contribution in [0.25, 0.3) is 0 Å². The number of esters is 1. The summed E-state index contributed by atoms with van der Waals surface area (Å²) in [4.78, 5) is 15.5. The third-order valence-corrected chi connectivity index (χ3v) is 2.20. The van der Waals surface area contributed by atoms with Crippen molar-refractivity contribution in [2.45, 2.75) is 33.6 Å². The zero-order chi connectivity index (χ0) is 14.3. The summed E-state index contributed by atoms with van der Waals surface area (Å²) in [6, 6.07) is 0. The number of aliphatic imine (C=N–C) groups is 1. The van der Waals surface area contributed by atoms with E-state index in [1.807, 2.05) is 20.8 Å². The largest absolute Gasteiger partial charge is 0.466 e. The Morgan fingerprint density at radius 2 is 1.95 bits per heavy atom. The molecule has 0 saturated carbocycles. The zero-order valence-electron chi connectivity index (χ0n) is 12.3. The fourth-order valence-electron chi connectivity index (χ4n) is 1.38. The molecule has 6 nitrogen and oxygen atoms in total. The van der Waals surface area contributed by atoms with E-state index in [9.17, 15) is 4.79 Å². The molecule has 112 valence electrons. The van der Waals surface area contributed by atoms with E-state index in [-0.39, 0.29) is 5.97 Å². The first-order chi connectivity index (χ1) is 9.24. The topological polar surface area (TPSA) is 72.0 Å². The SMILES string of the molecule is CCNC(=NCCCC(=O)OCC)NCCOCC. The molecule has 0 radical (unpaired) electrons. The van der Waals surface area contributed by atoms with Gasteiger partial charge in [0.2, 0.25) is 0 Å². The van der Waals surface area contributed by atoms with Gasteiger partial charge in [-0.05, 0) is 27.2 Å². The minimum atomic E-state index is -0.160. The van der Waals surface area contributed by atoms with Crippen LogP contribution in [-0.2, 0) is 14.3 Å². The van der Waals surface area contributed by atoms with Crippen LogP contribution in [0.4, 0.5) is 0 Å². The van der Waals surface area contributed by atoms with E-state index in [0.29, 0.717) is 32.6 Å². The fraction of sp³-hybridized carbons (Fsp3) is 0.846. The van der Waals surface area contributed by atoms with Gasteiger partial charge in [-0.1, -0.05) is 0 Å². The van der Waals surface area contributed by atoms with Crippen molar-refractivity contribution in [3.8, 4) is 0 Å². The van der Waals surface area contributed by atoms with Crippen LogP contribution < -0.4 is 10.6 Å². The number of carbonyl (C=O) groups excluding carboxylic acids is 1. The Kier molecular flexibility index (Phi) is 12.2. The summed E-state index contributed by atoms with van der Waals surface area (Å²) in [6.07, 6.45) is 1.11. The van der Waals surface area contributed by atoms with Crippen molar-refractivity contribution in [2.24, 2.45) is 4.99 Å². The van der Waals surface area contributed by atoms with Crippen molar-refractivity contribution in [2.75, 3.05) is 39.5 Å². The average Bonchev–Trinajstić information content (AvgIpc) is 2.39. The Labute approximate surface area is 116 Å². The molecule has 6 heteroatoms. The van der Waals surface area contributed by atoms with E-state index in [0.717, 1.165) is 25.7 Å². The standard InChI is InChI=1S/C13H27N3O3/c1-4-14-13(16-10-11-18-5-2)15-9-7-8-12(17)19-6-3/h4-11H2,1-3H3,(H2,14,15,16). The first-order valence-electron chi connectivity index (χ1n) is 7.00. The molecule has 2 N–H and O–H groups in total. The lowest BCUT2D eigenvalue weighted by Gasteiger charge is -2.11. The third kappa shape index (κ3) is 11.5. The van der Waals surface area contributed by atoms with Crippen molar-refractivity contribution < 1.29 is 14.3 Å². The van der Waals surface area contributed by atoms with Crippen LogP contribution in [0.2, 0.25) is 0 Å². The van der Waals surface area contributed by atoms with Gasteiger partial charge in [-0.3, -0.25) is 9.79 Å². The molecular weight excluding hydrogens is 246 g/mol. The molecule has 0 rings (SSSR count). The second kappa shape index (κ2) is 13.1. The van der Waals surface area contributed by atoms with Gasteiger partial charge < -0.3 is 20.1 Å². The molecule has 0 heterocycles. The molecule has 0 spiro atoms. The molecule has 0 aliphatic heterocycles. The summed E-state index contributed by atoms with van der Waals surface area (Å²) in [7, 11) is 0. The highest BCUT2D eigenvalue weighted by Gasteiger charge is 2.01. The molecule has 0 unspecified atom stereocenters. The maximum Gasteiger partial charge on any atom is 0.305 e. The normalized spacial score (nSPS) is 11.2. The highest BCUT2D eigenvalue weighted by molar-refractivity contribution is 5.79. The van der Waals surface area contributed by atoms with Gasteiger partial charge in [0.25, 0.3) is 0 Å². The number of rotatable bonds is 10. The van der Waals surface area contributed by atoms with E-state index in [1.54, 1.807) is 0 Å². The van der Waals surface area contributed by atoms with E-state index in [4.69, 9.17) is 9.47 Å². The van der Waals surface area contributed by atoms with E-state index in [2.05, 4.69) is 15.6 Å². The second-order valence-electron chi connectivity index (χ2n) is 3.79. The lowest BCUT2D eigenvalue weighted by Crippen LogP contribution is -2.39. The Hall–Kier alpha value is -1.30. The lowest BCUT2D eigenvalue weighted by atomic mass is 10.3. The maximum absolute atomic E-state index is 11.1. The Balaban J connectivity index is 3.81. The average molecular weight is 273 g/mol. The molecule has 0 fully saturated rings. The van der Waals surface area contributed by atoms with Crippen molar-refractivity contribution >= 4 is 11.9 Å². The first-order valence-corrected chi connectivity index (χ1v) is 7.00. The Bertz CT molecular complexity index is 258. The van der Waals surface area contributed by atoms with Gasteiger partial charge in [0.15, 0.2) is 5.96 Å². The van der Waals surface area contributed by atoms with Crippen LogP contribution in [0.3, 0.4) is 0 Å². The van der Waals surface area contributed by atoms with E-state index in [1.165, 1.54) is 0 Å². The van der Waals surface area contributed by atoms with Crippen molar-refractivity contribution in [1.29, 1.82) is 0 Å². The summed E-state index contributed by atoms with van der Waals surface area (Å²) in [5, 5.41) is 6.31. The van der Waals surface area contributed by atoms with Crippen LogP contribution in [0.5, 0.6) is 0 Å². The third-order valence-electron chi connectivity index (χ3n) is 2.20. The summed E-state index contributed by atoms with van der Waals surface area (Å²) < 4.78 is 10.1. The van der Waals surface area contributed by atoms with Gasteiger partial charge in [-0.15, -0.1) is 0 Å². The summed E-state index contributed by atoms with van der Waals surface area (Å²) >= 11 is 0. The van der Waals surface area contributed by atoms with Gasteiger partial charge >= 0.3 is 5.97 Å². The second-order valence-corrected chi connectivity index (χ2v) is 3.79. The number of ether oxygens (including phenoxy) is 2. The monoisotopic (exact) mass is 273 g/mol. The molecule has 0 saturated heterocycles. The maximum atomic E-state index is 11.1. The van der Waals surface area contributed by atoms with Gasteiger partial charge in [0, 0.05) is 32.7 Å². The van der Waals surface area contributed by atoms with Gasteiger partial charge in [0.1, 0.15) is 0 Å². The quantitative estimate of drug-likeness (QED) is 0.268. The van der Waals surface area contributed by atoms with Crippen LogP contribution in [-0.4, -0.2) is 51.4 Å². The number of hydrogen-bond acceptors (Lipinski definition) is 4. The van der Waals surface area contributed by atoms with Gasteiger partial charge in [0.05, 0.1) is 13.2 Å². The molecule has 0 aliphatic carbocycles. The highest BCUT2D eigenvalue weighted by atomic mass is 16.5. The summed E-state index contributed by atoms with van der Waals surface area (Å²) in [6.45, 7) is 9.72. The minimum absolute atomic E-state index is 0.160. The molecule has 0 bridgehead atoms. The molecule has 0 atom stereocenters. The van der Waals surface area contributed by atoms with Crippen molar-refractivity contribution in [1.82, 2.24) is 10.6 Å². The Morgan fingerprint density at radius 1 is 1.16 bits per heavy atom. The number of nitrogens with zero attached hydrogens (tertiary/aromatic N) is 1. The van der Waals surface area contributed by atoms with Crippen molar-refractivity contribution in [3.05, 3.63) is 0 Å². The molecular formula is C13H27N3O3. The van der Waals surface area contributed by atoms with Gasteiger partial charge in [-0.2, -0.15) is 0 Å². The van der Waals surface area contributed by atoms with Crippen LogP contribution >= 0.6 is 0 Å². The predicted molar refractivity (Wildman–Crippen MR) is 76.3 cm³/mol. The van der Waals surface area contributed by atoms with E-state index < -0.39 is 0 Å². The molecule has 0 amide bonds. The van der Waals surface area contributed by atoms with Crippen LogP contribution in [0, 0.1) is 0 Å². The van der Waals surface area contributed by atoms with Crippen molar-refractivity contribution in [3.63, 3.8) is 0 Å². The van der Waals surface area contributed by atoms with Crippen LogP contribution in [0.1, 0.15) is 33.6 Å². The van der Waals surface area contributed by atoms with Gasteiger partial charge in [-0.25, -0.2) is 0 Å². The number of nitrogens with one attached hydrogen (secondary N) is 2. The zero-order valence-corrected chi connectivity index (χ0v) is 12.3. The predicted octanol–water partition coefficient (Wildman–Crippen LogP) is 0.921. The smallest absolute Gasteiger partial charge is 0.305 e. The first kappa shape index (κ1) is 17.7.